The molecule has 2 aromatic carbocycles. The van der Waals surface area contributed by atoms with Crippen LogP contribution < -0.4 is 19.5 Å². The first kappa shape index (κ1) is 20.9. The largest absolute Gasteiger partial charge is 0.494 e. The summed E-state index contributed by atoms with van der Waals surface area (Å²) in [6.07, 6.45) is 0.890. The summed E-state index contributed by atoms with van der Waals surface area (Å²) in [5, 5.41) is 14.5. The molecule has 0 fully saturated rings. The molecule has 0 bridgehead atoms. The minimum atomic E-state index is -3.78. The van der Waals surface area contributed by atoms with Crippen molar-refractivity contribution in [2.24, 2.45) is 0 Å². The Bertz CT molecular complexity index is 1040. The van der Waals surface area contributed by atoms with Gasteiger partial charge >= 0.3 is 0 Å². The molecule has 0 aromatic heterocycles. The highest BCUT2D eigenvalue weighted by molar-refractivity contribution is 7.89. The maximum absolute atomic E-state index is 11.9. The summed E-state index contributed by atoms with van der Waals surface area (Å²) in [5.74, 6) is 1.47. The van der Waals surface area contributed by atoms with Gasteiger partial charge in [-0.1, -0.05) is 0 Å². The Morgan fingerprint density at radius 2 is 2.07 bits per heavy atom. The third-order valence-electron chi connectivity index (χ3n) is 4.59. The van der Waals surface area contributed by atoms with Gasteiger partial charge in [0.15, 0.2) is 0 Å². The number of rotatable bonds is 8. The molecule has 0 amide bonds. The first-order valence-electron chi connectivity index (χ1n) is 9.16. The van der Waals surface area contributed by atoms with Crippen molar-refractivity contribution in [1.82, 2.24) is 4.72 Å². The van der Waals surface area contributed by atoms with Gasteiger partial charge in [0.05, 0.1) is 16.4 Å². The number of fused-ring (bicyclic) bond motifs is 1. The van der Waals surface area contributed by atoms with Crippen LogP contribution in [0, 0.1) is 10.1 Å². The molecule has 156 valence electrons. The lowest BCUT2D eigenvalue weighted by Crippen LogP contribution is -2.18. The van der Waals surface area contributed by atoms with Gasteiger partial charge in [-0.15, -0.1) is 0 Å². The van der Waals surface area contributed by atoms with Gasteiger partial charge in [-0.25, -0.2) is 13.1 Å². The Hall–Kier alpha value is -2.85. The highest BCUT2D eigenvalue weighted by atomic mass is 32.2. The number of hydrogen-bond acceptors (Lipinski definition) is 7. The van der Waals surface area contributed by atoms with Gasteiger partial charge in [0.2, 0.25) is 10.0 Å². The normalized spacial score (nSPS) is 15.5. The summed E-state index contributed by atoms with van der Waals surface area (Å²) in [7, 11) is -2.53. The first-order chi connectivity index (χ1) is 13.7. The molecule has 0 radical (unpaired) electrons. The number of nitro benzene ring substituents is 1. The highest BCUT2D eigenvalue weighted by Gasteiger charge is 2.23. The van der Waals surface area contributed by atoms with Crippen molar-refractivity contribution < 1.29 is 22.8 Å². The fraction of sp³-hybridized carbons (Fsp3) is 0.368. The average Bonchev–Trinajstić information content (AvgIpc) is 3.04. The van der Waals surface area contributed by atoms with E-state index in [0.29, 0.717) is 12.4 Å². The lowest BCUT2D eigenvalue weighted by Gasteiger charge is -2.14. The van der Waals surface area contributed by atoms with Crippen molar-refractivity contribution in [2.75, 3.05) is 19.0 Å². The number of anilines is 1. The van der Waals surface area contributed by atoms with Crippen molar-refractivity contribution in [2.45, 2.75) is 37.8 Å². The van der Waals surface area contributed by atoms with Crippen LogP contribution in [0.4, 0.5) is 11.4 Å². The number of hydrogen-bond donors (Lipinski definition) is 2. The number of sulfonamides is 1. The van der Waals surface area contributed by atoms with E-state index < -0.39 is 14.9 Å². The summed E-state index contributed by atoms with van der Waals surface area (Å²) < 4.78 is 37.5. The Kier molecular flexibility index (Phi) is 5.94. The number of nitrogens with one attached hydrogen (secondary N) is 2. The molecule has 0 spiro atoms. The topological polar surface area (TPSA) is 120 Å². The molecule has 1 heterocycles. The SMILES string of the molecule is CCOc1cc2c(cc1CNc1ccc(S(=O)(=O)NC)cc1[N+](=O)[O-])O[C@@H](C)C2. The van der Waals surface area contributed by atoms with Gasteiger partial charge in [0.25, 0.3) is 5.69 Å². The van der Waals surface area contributed by atoms with Crippen molar-refractivity contribution in [3.63, 3.8) is 0 Å². The molecule has 0 saturated carbocycles. The third kappa shape index (κ3) is 4.43. The van der Waals surface area contributed by atoms with Crippen LogP contribution in [0.5, 0.6) is 11.5 Å². The van der Waals surface area contributed by atoms with Gasteiger partial charge in [-0.3, -0.25) is 10.1 Å². The number of benzene rings is 2. The molecule has 9 nitrogen and oxygen atoms in total. The van der Waals surface area contributed by atoms with Crippen molar-refractivity contribution in [1.29, 1.82) is 0 Å². The zero-order chi connectivity index (χ0) is 21.2. The standard InChI is InChI=1S/C19H23N3O6S/c1-4-27-18-8-13-7-12(2)28-19(13)9-14(18)11-21-16-6-5-15(29(25,26)20-3)10-17(16)22(23)24/h5-6,8-10,12,20-21H,4,7,11H2,1-3H3/t12-/m0/s1. The van der Waals surface area contributed by atoms with E-state index in [1.165, 1.54) is 19.2 Å². The minimum Gasteiger partial charge on any atom is -0.494 e. The molecule has 1 aliphatic rings. The summed E-state index contributed by atoms with van der Waals surface area (Å²) >= 11 is 0. The molecule has 1 aliphatic heterocycles. The summed E-state index contributed by atoms with van der Waals surface area (Å²) in [5.41, 5.74) is 1.74. The third-order valence-corrected chi connectivity index (χ3v) is 6.01. The Morgan fingerprint density at radius 3 is 2.72 bits per heavy atom. The average molecular weight is 421 g/mol. The van der Waals surface area contributed by atoms with Crippen LogP contribution in [0.25, 0.3) is 0 Å². The van der Waals surface area contributed by atoms with E-state index in [0.717, 1.165) is 29.4 Å². The van der Waals surface area contributed by atoms with E-state index in [9.17, 15) is 18.5 Å². The van der Waals surface area contributed by atoms with E-state index in [-0.39, 0.29) is 28.9 Å². The fourth-order valence-corrected chi connectivity index (χ4v) is 3.95. The Morgan fingerprint density at radius 1 is 1.31 bits per heavy atom. The molecule has 29 heavy (non-hydrogen) atoms. The maximum atomic E-state index is 11.9. The van der Waals surface area contributed by atoms with Crippen LogP contribution in [0.15, 0.2) is 35.2 Å². The number of nitrogens with zero attached hydrogens (tertiary/aromatic N) is 1. The summed E-state index contributed by atoms with van der Waals surface area (Å²) in [6.45, 7) is 4.61. The van der Waals surface area contributed by atoms with Crippen molar-refractivity contribution >= 4 is 21.4 Å². The minimum absolute atomic E-state index is 0.0884. The first-order valence-corrected chi connectivity index (χ1v) is 10.6. The van der Waals surface area contributed by atoms with Crippen LogP contribution in [0.1, 0.15) is 25.0 Å². The van der Waals surface area contributed by atoms with Crippen molar-refractivity contribution in [3.05, 3.63) is 51.6 Å². The van der Waals surface area contributed by atoms with E-state index >= 15 is 0 Å². The lowest BCUT2D eigenvalue weighted by molar-refractivity contribution is -0.384. The molecule has 2 N–H and O–H groups in total. The van der Waals surface area contributed by atoms with E-state index in [1.807, 2.05) is 26.0 Å². The van der Waals surface area contributed by atoms with Gasteiger partial charge in [-0.2, -0.15) is 0 Å². The molecule has 0 saturated heterocycles. The van der Waals surface area contributed by atoms with Gasteiger partial charge in [-0.05, 0) is 45.2 Å². The molecular weight excluding hydrogens is 398 g/mol. The van der Waals surface area contributed by atoms with E-state index in [1.54, 1.807) is 0 Å². The predicted molar refractivity (Wildman–Crippen MR) is 108 cm³/mol. The molecule has 10 heteroatoms. The van der Waals surface area contributed by atoms with Crippen LogP contribution in [0.3, 0.4) is 0 Å². The van der Waals surface area contributed by atoms with Gasteiger partial charge < -0.3 is 14.8 Å². The fourth-order valence-electron chi connectivity index (χ4n) is 3.20. The Balaban J connectivity index is 1.90. The molecular formula is C19H23N3O6S. The zero-order valence-electron chi connectivity index (χ0n) is 16.4. The zero-order valence-corrected chi connectivity index (χ0v) is 17.2. The molecule has 0 unspecified atom stereocenters. The number of ether oxygens (including phenoxy) is 2. The smallest absolute Gasteiger partial charge is 0.293 e. The summed E-state index contributed by atoms with van der Waals surface area (Å²) in [4.78, 5) is 10.7. The lowest BCUT2D eigenvalue weighted by atomic mass is 10.1. The predicted octanol–water partition coefficient (Wildman–Crippen LogP) is 2.84. The molecule has 2 aromatic rings. The van der Waals surface area contributed by atoms with Gasteiger partial charge in [0, 0.05) is 30.2 Å². The second-order valence-corrected chi connectivity index (χ2v) is 8.52. The summed E-state index contributed by atoms with van der Waals surface area (Å²) in [6, 6.07) is 7.55. The van der Waals surface area contributed by atoms with Crippen LogP contribution in [-0.4, -0.2) is 33.1 Å². The van der Waals surface area contributed by atoms with E-state index in [2.05, 4.69) is 10.0 Å². The maximum Gasteiger partial charge on any atom is 0.293 e. The van der Waals surface area contributed by atoms with E-state index in [4.69, 9.17) is 9.47 Å². The molecule has 3 rings (SSSR count). The number of nitro groups is 1. The van der Waals surface area contributed by atoms with Crippen molar-refractivity contribution in [3.8, 4) is 11.5 Å². The quantitative estimate of drug-likeness (QED) is 0.497. The van der Waals surface area contributed by atoms with Crippen LogP contribution in [-0.2, 0) is 23.0 Å². The second-order valence-electron chi connectivity index (χ2n) is 6.63. The monoisotopic (exact) mass is 421 g/mol. The van der Waals surface area contributed by atoms with Crippen LogP contribution in [0.2, 0.25) is 0 Å². The second kappa shape index (κ2) is 8.26. The highest BCUT2D eigenvalue weighted by Crippen LogP contribution is 2.36. The van der Waals surface area contributed by atoms with Gasteiger partial charge in [0.1, 0.15) is 23.3 Å². The Labute approximate surface area is 169 Å². The molecule has 1 atom stereocenters. The van der Waals surface area contributed by atoms with Crippen LogP contribution >= 0.6 is 0 Å². The molecule has 0 aliphatic carbocycles.